The standard InChI is InChI=1S/C15H32N2.ClH/c1-5-8-11-15(12-9-6-2,13-10-7-3)17(4)14-16;/h14,16H,5-13H2,1-4H3;1H. The minimum Gasteiger partial charge on any atom is -0.361 e. The summed E-state index contributed by atoms with van der Waals surface area (Å²) in [4.78, 5) is 2.17. The van der Waals surface area contributed by atoms with Crippen LogP contribution in [0.1, 0.15) is 78.6 Å². The third kappa shape index (κ3) is 6.63. The van der Waals surface area contributed by atoms with Crippen LogP contribution >= 0.6 is 12.4 Å². The molecular weight excluding hydrogens is 244 g/mol. The van der Waals surface area contributed by atoms with Gasteiger partial charge in [0.1, 0.15) is 0 Å². The number of hydrogen-bond acceptors (Lipinski definition) is 1. The third-order valence-corrected chi connectivity index (χ3v) is 3.93. The predicted molar refractivity (Wildman–Crippen MR) is 85.1 cm³/mol. The Balaban J connectivity index is 0. The Bertz CT molecular complexity index is 173. The summed E-state index contributed by atoms with van der Waals surface area (Å²) in [5.74, 6) is 0. The Morgan fingerprint density at radius 3 is 1.44 bits per heavy atom. The lowest BCUT2D eigenvalue weighted by Gasteiger charge is -2.42. The van der Waals surface area contributed by atoms with Crippen molar-refractivity contribution in [2.45, 2.75) is 84.1 Å². The second-order valence-corrected chi connectivity index (χ2v) is 5.28. The van der Waals surface area contributed by atoms with E-state index in [-0.39, 0.29) is 17.9 Å². The molecule has 0 saturated heterocycles. The molecule has 0 aliphatic rings. The first-order valence-corrected chi connectivity index (χ1v) is 7.40. The van der Waals surface area contributed by atoms with Crippen LogP contribution in [0.3, 0.4) is 0 Å². The molecule has 0 spiro atoms. The fourth-order valence-electron chi connectivity index (χ4n) is 2.56. The highest BCUT2D eigenvalue weighted by Crippen LogP contribution is 2.32. The van der Waals surface area contributed by atoms with Crippen molar-refractivity contribution in [3.8, 4) is 0 Å². The van der Waals surface area contributed by atoms with Crippen molar-refractivity contribution < 1.29 is 0 Å². The van der Waals surface area contributed by atoms with Gasteiger partial charge in [-0.05, 0) is 19.3 Å². The highest BCUT2D eigenvalue weighted by molar-refractivity contribution is 5.85. The molecule has 2 nitrogen and oxygen atoms in total. The lowest BCUT2D eigenvalue weighted by molar-refractivity contribution is 0.151. The predicted octanol–water partition coefficient (Wildman–Crippen LogP) is 5.26. The van der Waals surface area contributed by atoms with Crippen LogP contribution < -0.4 is 0 Å². The van der Waals surface area contributed by atoms with Gasteiger partial charge in [-0.1, -0.05) is 59.3 Å². The molecule has 0 saturated carbocycles. The van der Waals surface area contributed by atoms with Gasteiger partial charge >= 0.3 is 0 Å². The van der Waals surface area contributed by atoms with Crippen LogP contribution in [0.5, 0.6) is 0 Å². The first-order chi connectivity index (χ1) is 8.16. The Morgan fingerprint density at radius 1 is 0.889 bits per heavy atom. The van der Waals surface area contributed by atoms with Crippen LogP contribution in [-0.2, 0) is 0 Å². The van der Waals surface area contributed by atoms with E-state index >= 15 is 0 Å². The van der Waals surface area contributed by atoms with Gasteiger partial charge in [0.05, 0.1) is 6.34 Å². The van der Waals surface area contributed by atoms with Gasteiger partial charge in [-0.15, -0.1) is 12.4 Å². The maximum absolute atomic E-state index is 7.57. The Kier molecular flexibility index (Phi) is 13.2. The number of nitrogens with one attached hydrogen (secondary N) is 1. The van der Waals surface area contributed by atoms with Crippen molar-refractivity contribution in [1.29, 1.82) is 5.41 Å². The number of halogens is 1. The van der Waals surface area contributed by atoms with E-state index in [9.17, 15) is 0 Å². The van der Waals surface area contributed by atoms with Gasteiger partial charge in [-0.3, -0.25) is 5.41 Å². The van der Waals surface area contributed by atoms with Gasteiger partial charge in [-0.25, -0.2) is 0 Å². The molecule has 0 rings (SSSR count). The molecule has 0 heterocycles. The Hall–Kier alpha value is -0.240. The zero-order valence-corrected chi connectivity index (χ0v) is 13.6. The molecule has 0 aromatic rings. The van der Waals surface area contributed by atoms with E-state index in [1.807, 2.05) is 0 Å². The highest BCUT2D eigenvalue weighted by Gasteiger charge is 2.31. The molecule has 0 atom stereocenters. The van der Waals surface area contributed by atoms with E-state index in [1.54, 1.807) is 0 Å². The second kappa shape index (κ2) is 11.8. The van der Waals surface area contributed by atoms with Crippen LogP contribution in [0, 0.1) is 5.41 Å². The van der Waals surface area contributed by atoms with Crippen LogP contribution in [0.15, 0.2) is 0 Å². The minimum atomic E-state index is 0. The van der Waals surface area contributed by atoms with Crippen molar-refractivity contribution in [3.05, 3.63) is 0 Å². The van der Waals surface area contributed by atoms with Crippen molar-refractivity contribution >= 4 is 18.7 Å². The molecule has 3 heteroatoms. The van der Waals surface area contributed by atoms with Gasteiger partial charge in [-0.2, -0.15) is 0 Å². The number of unbranched alkanes of at least 4 members (excludes halogenated alkanes) is 3. The third-order valence-electron chi connectivity index (χ3n) is 3.93. The van der Waals surface area contributed by atoms with Crippen molar-refractivity contribution in [1.82, 2.24) is 4.90 Å². The minimum absolute atomic E-state index is 0. The summed E-state index contributed by atoms with van der Waals surface area (Å²) < 4.78 is 0. The fourth-order valence-corrected chi connectivity index (χ4v) is 2.56. The van der Waals surface area contributed by atoms with E-state index in [0.29, 0.717) is 0 Å². The zero-order chi connectivity index (χ0) is 13.1. The smallest absolute Gasteiger partial charge is 0.0819 e. The van der Waals surface area contributed by atoms with E-state index in [0.717, 1.165) is 0 Å². The number of rotatable bonds is 11. The van der Waals surface area contributed by atoms with E-state index in [4.69, 9.17) is 5.41 Å². The van der Waals surface area contributed by atoms with Crippen LogP contribution in [0.2, 0.25) is 0 Å². The summed E-state index contributed by atoms with van der Waals surface area (Å²) >= 11 is 0. The average molecular weight is 277 g/mol. The van der Waals surface area contributed by atoms with Gasteiger partial charge in [0, 0.05) is 12.6 Å². The lowest BCUT2D eigenvalue weighted by Crippen LogP contribution is -2.45. The molecule has 0 fully saturated rings. The maximum Gasteiger partial charge on any atom is 0.0819 e. The Morgan fingerprint density at radius 2 is 1.22 bits per heavy atom. The molecule has 0 radical (unpaired) electrons. The average Bonchev–Trinajstić information content (AvgIpc) is 2.37. The normalized spacial score (nSPS) is 10.9. The van der Waals surface area contributed by atoms with Gasteiger partial charge in [0.25, 0.3) is 0 Å². The zero-order valence-electron chi connectivity index (χ0n) is 12.8. The molecular formula is C15H33ClN2. The monoisotopic (exact) mass is 276 g/mol. The molecule has 0 aliphatic heterocycles. The van der Waals surface area contributed by atoms with Gasteiger partial charge < -0.3 is 4.90 Å². The molecule has 18 heavy (non-hydrogen) atoms. The summed E-state index contributed by atoms with van der Waals surface area (Å²) in [5, 5.41) is 7.57. The molecule has 0 aromatic heterocycles. The lowest BCUT2D eigenvalue weighted by atomic mass is 9.81. The van der Waals surface area contributed by atoms with Gasteiger partial charge in [0.2, 0.25) is 0 Å². The molecule has 1 N–H and O–H groups in total. The topological polar surface area (TPSA) is 27.1 Å². The molecule has 0 aliphatic carbocycles. The highest BCUT2D eigenvalue weighted by atomic mass is 35.5. The quantitative estimate of drug-likeness (QED) is 0.405. The van der Waals surface area contributed by atoms with E-state index in [1.165, 1.54) is 64.1 Å². The largest absolute Gasteiger partial charge is 0.361 e. The summed E-state index contributed by atoms with van der Waals surface area (Å²) in [6, 6.07) is 0. The first-order valence-electron chi connectivity index (χ1n) is 7.40. The Labute approximate surface area is 120 Å². The summed E-state index contributed by atoms with van der Waals surface area (Å²) in [5.41, 5.74) is 0.254. The summed E-state index contributed by atoms with van der Waals surface area (Å²) in [6.45, 7) is 6.78. The SMILES string of the molecule is CCCCC(CCCC)(CCCC)N(C)C=N.Cl. The summed E-state index contributed by atoms with van der Waals surface area (Å²) in [7, 11) is 2.09. The van der Waals surface area contributed by atoms with E-state index in [2.05, 4.69) is 32.7 Å². The van der Waals surface area contributed by atoms with Crippen molar-refractivity contribution in [2.75, 3.05) is 7.05 Å². The van der Waals surface area contributed by atoms with Crippen LogP contribution in [0.4, 0.5) is 0 Å². The second-order valence-electron chi connectivity index (χ2n) is 5.28. The van der Waals surface area contributed by atoms with Crippen LogP contribution in [0.25, 0.3) is 0 Å². The number of nitrogens with zero attached hydrogens (tertiary/aromatic N) is 1. The first kappa shape index (κ1) is 20.1. The molecule has 0 aromatic carbocycles. The van der Waals surface area contributed by atoms with Crippen LogP contribution in [-0.4, -0.2) is 23.8 Å². The number of hydrogen-bond donors (Lipinski definition) is 1. The van der Waals surface area contributed by atoms with Gasteiger partial charge in [0.15, 0.2) is 0 Å². The van der Waals surface area contributed by atoms with Crippen molar-refractivity contribution in [2.24, 2.45) is 0 Å². The summed E-state index contributed by atoms with van der Waals surface area (Å²) in [6.07, 6.45) is 12.9. The maximum atomic E-state index is 7.57. The molecule has 110 valence electrons. The fraction of sp³-hybridized carbons (Fsp3) is 0.933. The van der Waals surface area contributed by atoms with Crippen molar-refractivity contribution in [3.63, 3.8) is 0 Å². The molecule has 0 bridgehead atoms. The molecule has 0 amide bonds. The van der Waals surface area contributed by atoms with E-state index < -0.39 is 0 Å². The molecule has 0 unspecified atom stereocenters.